The predicted octanol–water partition coefficient (Wildman–Crippen LogP) is 1.66. The summed E-state index contributed by atoms with van der Waals surface area (Å²) in [6.07, 6.45) is 3.71. The van der Waals surface area contributed by atoms with Gasteiger partial charge >= 0.3 is 0 Å². The van der Waals surface area contributed by atoms with Crippen LogP contribution in [-0.2, 0) is 4.74 Å². The zero-order valence-electron chi connectivity index (χ0n) is 13.8. The van der Waals surface area contributed by atoms with Crippen molar-refractivity contribution < 1.29 is 14.2 Å². The van der Waals surface area contributed by atoms with Gasteiger partial charge in [-0.3, -0.25) is 10.3 Å². The molecule has 0 saturated carbocycles. The Kier molecular flexibility index (Phi) is 5.06. The number of hydrogen-bond acceptors (Lipinski definition) is 6. The SMILES string of the molecule is COC(=N)N(C#N)C1CCN(CC2COc3ccccc3O2)CC1. The number of rotatable bonds is 3. The van der Waals surface area contributed by atoms with E-state index in [0.717, 1.165) is 44.0 Å². The number of para-hydroxylation sites is 2. The van der Waals surface area contributed by atoms with E-state index in [4.69, 9.17) is 19.6 Å². The second kappa shape index (κ2) is 7.41. The molecule has 0 aromatic heterocycles. The lowest BCUT2D eigenvalue weighted by atomic mass is 10.0. The molecule has 1 atom stereocenters. The number of nitriles is 1. The first kappa shape index (κ1) is 16.4. The first-order valence-electron chi connectivity index (χ1n) is 8.13. The van der Waals surface area contributed by atoms with E-state index in [1.165, 1.54) is 12.0 Å². The minimum absolute atomic E-state index is 0.0146. The van der Waals surface area contributed by atoms with Gasteiger partial charge in [0.05, 0.1) is 13.2 Å². The number of hydrogen-bond donors (Lipinski definition) is 1. The number of fused-ring (bicyclic) bond motifs is 1. The van der Waals surface area contributed by atoms with Crippen molar-refractivity contribution >= 4 is 6.02 Å². The van der Waals surface area contributed by atoms with E-state index in [1.807, 2.05) is 24.3 Å². The molecule has 1 N–H and O–H groups in total. The molecule has 0 radical (unpaired) electrons. The maximum Gasteiger partial charge on any atom is 0.297 e. The number of benzene rings is 1. The highest BCUT2D eigenvalue weighted by atomic mass is 16.6. The van der Waals surface area contributed by atoms with Gasteiger partial charge in [-0.1, -0.05) is 12.1 Å². The van der Waals surface area contributed by atoms with Crippen molar-refractivity contribution in [1.29, 1.82) is 10.7 Å². The number of nitrogens with one attached hydrogen (secondary N) is 1. The summed E-state index contributed by atoms with van der Waals surface area (Å²) >= 11 is 0. The summed E-state index contributed by atoms with van der Waals surface area (Å²) in [5.41, 5.74) is 0. The Balaban J connectivity index is 1.50. The lowest BCUT2D eigenvalue weighted by Gasteiger charge is -2.37. The molecule has 1 saturated heterocycles. The molecule has 0 bridgehead atoms. The Bertz CT molecular complexity index is 623. The van der Waals surface area contributed by atoms with E-state index in [0.29, 0.717) is 6.61 Å². The van der Waals surface area contributed by atoms with E-state index in [9.17, 15) is 5.26 Å². The van der Waals surface area contributed by atoms with Gasteiger partial charge in [-0.15, -0.1) is 0 Å². The largest absolute Gasteiger partial charge is 0.486 e. The molecular formula is C17H22N4O3. The van der Waals surface area contributed by atoms with E-state index in [2.05, 4.69) is 11.1 Å². The first-order valence-corrected chi connectivity index (χ1v) is 8.13. The van der Waals surface area contributed by atoms with Crippen molar-refractivity contribution in [2.24, 2.45) is 0 Å². The zero-order chi connectivity index (χ0) is 16.9. The van der Waals surface area contributed by atoms with Gasteiger partial charge in [-0.2, -0.15) is 5.26 Å². The van der Waals surface area contributed by atoms with E-state index in [-0.39, 0.29) is 18.2 Å². The van der Waals surface area contributed by atoms with Crippen molar-refractivity contribution in [1.82, 2.24) is 9.80 Å². The molecule has 1 fully saturated rings. The second-order valence-corrected chi connectivity index (χ2v) is 6.01. The normalized spacial score (nSPS) is 20.9. The van der Waals surface area contributed by atoms with Crippen LogP contribution in [0.15, 0.2) is 24.3 Å². The average Bonchev–Trinajstić information content (AvgIpc) is 2.63. The Morgan fingerprint density at radius 2 is 2.08 bits per heavy atom. The average molecular weight is 330 g/mol. The van der Waals surface area contributed by atoms with Crippen LogP contribution in [0.4, 0.5) is 0 Å². The summed E-state index contributed by atoms with van der Waals surface area (Å²) in [5.74, 6) is 1.60. The van der Waals surface area contributed by atoms with Crippen LogP contribution in [-0.4, -0.2) is 61.3 Å². The van der Waals surface area contributed by atoms with Crippen LogP contribution in [0.3, 0.4) is 0 Å². The van der Waals surface area contributed by atoms with Gasteiger partial charge < -0.3 is 14.2 Å². The third-order valence-corrected chi connectivity index (χ3v) is 4.47. The summed E-state index contributed by atoms with van der Waals surface area (Å²) in [6.45, 7) is 3.08. The fraction of sp³-hybridized carbons (Fsp3) is 0.529. The molecule has 0 spiro atoms. The zero-order valence-corrected chi connectivity index (χ0v) is 13.8. The predicted molar refractivity (Wildman–Crippen MR) is 88.0 cm³/mol. The van der Waals surface area contributed by atoms with Gasteiger partial charge in [-0.05, 0) is 25.0 Å². The number of likely N-dealkylation sites (tertiary alicyclic amines) is 1. The molecule has 1 aromatic carbocycles. The number of piperidine rings is 1. The summed E-state index contributed by atoms with van der Waals surface area (Å²) in [5, 5.41) is 16.9. The molecule has 128 valence electrons. The van der Waals surface area contributed by atoms with Crippen molar-refractivity contribution in [3.63, 3.8) is 0 Å². The molecule has 1 aromatic rings. The summed E-state index contributed by atoms with van der Waals surface area (Å²) < 4.78 is 16.6. The minimum atomic E-state index is -0.0865. The molecule has 7 nitrogen and oxygen atoms in total. The van der Waals surface area contributed by atoms with Crippen LogP contribution in [0.1, 0.15) is 12.8 Å². The van der Waals surface area contributed by atoms with Crippen LogP contribution in [0.5, 0.6) is 11.5 Å². The Hall–Kier alpha value is -2.46. The lowest BCUT2D eigenvalue weighted by Crippen LogP contribution is -2.49. The lowest BCUT2D eigenvalue weighted by molar-refractivity contribution is 0.0467. The van der Waals surface area contributed by atoms with Gasteiger partial charge in [-0.25, -0.2) is 4.90 Å². The van der Waals surface area contributed by atoms with Crippen molar-refractivity contribution in [2.75, 3.05) is 33.4 Å². The maximum atomic E-state index is 9.20. The molecule has 7 heteroatoms. The highest BCUT2D eigenvalue weighted by molar-refractivity contribution is 5.72. The monoisotopic (exact) mass is 330 g/mol. The number of methoxy groups -OCH3 is 1. The molecule has 1 unspecified atom stereocenters. The molecule has 2 aliphatic heterocycles. The molecule has 2 heterocycles. The Labute approximate surface area is 141 Å². The Morgan fingerprint density at radius 1 is 1.38 bits per heavy atom. The quantitative estimate of drug-likeness (QED) is 0.393. The van der Waals surface area contributed by atoms with Crippen molar-refractivity contribution in [3.05, 3.63) is 24.3 Å². The topological polar surface area (TPSA) is 81.8 Å². The van der Waals surface area contributed by atoms with Crippen LogP contribution in [0.25, 0.3) is 0 Å². The van der Waals surface area contributed by atoms with Gasteiger partial charge in [0.1, 0.15) is 12.7 Å². The summed E-state index contributed by atoms with van der Waals surface area (Å²) in [4.78, 5) is 3.68. The summed E-state index contributed by atoms with van der Waals surface area (Å²) in [7, 11) is 1.42. The smallest absolute Gasteiger partial charge is 0.297 e. The van der Waals surface area contributed by atoms with Crippen molar-refractivity contribution in [3.8, 4) is 17.7 Å². The van der Waals surface area contributed by atoms with E-state index in [1.54, 1.807) is 0 Å². The number of nitrogens with zero attached hydrogens (tertiary/aromatic N) is 3. The fourth-order valence-electron chi connectivity index (χ4n) is 3.19. The third-order valence-electron chi connectivity index (χ3n) is 4.47. The molecular weight excluding hydrogens is 308 g/mol. The standard InChI is InChI=1S/C17H22N4O3/c1-22-17(19)21(12-18)13-6-8-20(9-7-13)10-14-11-23-15-4-2-3-5-16(15)24-14/h2-5,13-14,19H,6-11H2,1H3. The Morgan fingerprint density at radius 3 is 2.75 bits per heavy atom. The molecule has 3 rings (SSSR count). The first-order chi connectivity index (χ1) is 11.7. The van der Waals surface area contributed by atoms with Gasteiger partial charge in [0.15, 0.2) is 17.7 Å². The highest BCUT2D eigenvalue weighted by Crippen LogP contribution is 2.31. The molecule has 24 heavy (non-hydrogen) atoms. The van der Waals surface area contributed by atoms with Gasteiger partial charge in [0.25, 0.3) is 6.02 Å². The van der Waals surface area contributed by atoms with Crippen LogP contribution in [0.2, 0.25) is 0 Å². The van der Waals surface area contributed by atoms with E-state index >= 15 is 0 Å². The fourth-order valence-corrected chi connectivity index (χ4v) is 3.19. The van der Waals surface area contributed by atoms with Crippen LogP contribution < -0.4 is 9.47 Å². The number of ether oxygens (including phenoxy) is 3. The number of amidine groups is 1. The van der Waals surface area contributed by atoms with Crippen LogP contribution in [0, 0.1) is 16.9 Å². The van der Waals surface area contributed by atoms with Gasteiger partial charge in [0, 0.05) is 19.6 Å². The highest BCUT2D eigenvalue weighted by Gasteiger charge is 2.29. The molecule has 2 aliphatic rings. The molecule has 0 aliphatic carbocycles. The van der Waals surface area contributed by atoms with Gasteiger partial charge in [0.2, 0.25) is 0 Å². The maximum absolute atomic E-state index is 9.20. The second-order valence-electron chi connectivity index (χ2n) is 6.01. The molecule has 0 amide bonds. The third kappa shape index (κ3) is 3.54. The minimum Gasteiger partial charge on any atom is -0.486 e. The van der Waals surface area contributed by atoms with E-state index < -0.39 is 0 Å². The van der Waals surface area contributed by atoms with Crippen molar-refractivity contribution in [2.45, 2.75) is 25.0 Å². The van der Waals surface area contributed by atoms with Crippen LogP contribution >= 0.6 is 0 Å². The summed E-state index contributed by atoms with van der Waals surface area (Å²) in [6, 6.07) is 7.66.